The predicted molar refractivity (Wildman–Crippen MR) is 64.4 cm³/mol. The van der Waals surface area contributed by atoms with Gasteiger partial charge in [0.1, 0.15) is 0 Å². The number of halogens is 1. The predicted octanol–water partition coefficient (Wildman–Crippen LogP) is 4.33. The highest BCUT2D eigenvalue weighted by molar-refractivity contribution is 9.09. The molecule has 74 valence electrons. The highest BCUT2D eigenvalue weighted by Gasteiger charge is 2.03. The van der Waals surface area contributed by atoms with Crippen LogP contribution >= 0.6 is 27.7 Å². The van der Waals surface area contributed by atoms with Crippen molar-refractivity contribution in [2.24, 2.45) is 5.92 Å². The summed E-state index contributed by atoms with van der Waals surface area (Å²) in [5.74, 6) is 2.23. The van der Waals surface area contributed by atoms with Crippen LogP contribution in [-0.2, 0) is 0 Å². The van der Waals surface area contributed by atoms with E-state index in [2.05, 4.69) is 48.5 Å². The minimum Gasteiger partial charge on any atom is -0.159 e. The van der Waals surface area contributed by atoms with Gasteiger partial charge < -0.3 is 0 Å². The molecule has 0 rings (SSSR count). The lowest BCUT2D eigenvalue weighted by Gasteiger charge is -2.11. The van der Waals surface area contributed by atoms with Gasteiger partial charge in [0.05, 0.1) is 0 Å². The quantitative estimate of drug-likeness (QED) is 0.608. The Morgan fingerprint density at radius 2 is 1.92 bits per heavy atom. The van der Waals surface area contributed by atoms with Gasteiger partial charge in [0.2, 0.25) is 0 Å². The molecule has 0 saturated carbocycles. The Hall–Kier alpha value is 0.830. The van der Waals surface area contributed by atoms with Crippen molar-refractivity contribution in [2.75, 3.05) is 11.1 Å². The van der Waals surface area contributed by atoms with Gasteiger partial charge in [-0.2, -0.15) is 11.8 Å². The lowest BCUT2D eigenvalue weighted by Crippen LogP contribution is -2.00. The number of hydrogen-bond donors (Lipinski definition) is 0. The van der Waals surface area contributed by atoms with Crippen LogP contribution < -0.4 is 0 Å². The summed E-state index contributed by atoms with van der Waals surface area (Å²) in [4.78, 5) is 0. The van der Waals surface area contributed by atoms with E-state index < -0.39 is 0 Å². The molecule has 0 aliphatic rings. The first-order chi connectivity index (χ1) is 5.70. The Morgan fingerprint density at radius 1 is 1.25 bits per heavy atom. The van der Waals surface area contributed by atoms with Gasteiger partial charge in [-0.25, -0.2) is 0 Å². The highest BCUT2D eigenvalue weighted by Crippen LogP contribution is 2.18. The minimum atomic E-state index is 0.848. The van der Waals surface area contributed by atoms with Crippen LogP contribution in [0, 0.1) is 5.92 Å². The molecule has 0 aromatic rings. The summed E-state index contributed by atoms with van der Waals surface area (Å²) in [7, 11) is 0. The topological polar surface area (TPSA) is 0 Å². The standard InChI is InChI=1S/C10H21BrS/c1-4-10(3)12-8-6-9(2)5-7-11/h9-10H,4-8H2,1-3H3. The van der Waals surface area contributed by atoms with E-state index >= 15 is 0 Å². The van der Waals surface area contributed by atoms with E-state index in [1.165, 1.54) is 25.0 Å². The zero-order chi connectivity index (χ0) is 9.40. The maximum atomic E-state index is 3.48. The van der Waals surface area contributed by atoms with Crippen LogP contribution in [0.5, 0.6) is 0 Å². The molecule has 0 amide bonds. The Kier molecular flexibility index (Phi) is 9.01. The smallest absolute Gasteiger partial charge is 0.00338 e. The summed E-state index contributed by atoms with van der Waals surface area (Å²) in [6, 6.07) is 0. The molecule has 0 aromatic carbocycles. The molecule has 12 heavy (non-hydrogen) atoms. The van der Waals surface area contributed by atoms with E-state index in [1.807, 2.05) is 0 Å². The van der Waals surface area contributed by atoms with Crippen molar-refractivity contribution in [2.45, 2.75) is 45.3 Å². The van der Waals surface area contributed by atoms with Crippen LogP contribution in [-0.4, -0.2) is 16.3 Å². The molecule has 0 radical (unpaired) electrons. The van der Waals surface area contributed by atoms with Crippen molar-refractivity contribution in [1.82, 2.24) is 0 Å². The van der Waals surface area contributed by atoms with E-state index in [1.54, 1.807) is 0 Å². The van der Waals surface area contributed by atoms with Crippen molar-refractivity contribution in [3.05, 3.63) is 0 Å². The van der Waals surface area contributed by atoms with Crippen LogP contribution in [0.3, 0.4) is 0 Å². The van der Waals surface area contributed by atoms with Gasteiger partial charge in [-0.05, 0) is 30.9 Å². The third-order valence-electron chi connectivity index (χ3n) is 2.19. The molecule has 0 N–H and O–H groups in total. The zero-order valence-electron chi connectivity index (χ0n) is 8.48. The summed E-state index contributed by atoms with van der Waals surface area (Å²) >= 11 is 5.59. The molecular weight excluding hydrogens is 232 g/mol. The third-order valence-corrected chi connectivity index (χ3v) is 4.02. The van der Waals surface area contributed by atoms with Crippen molar-refractivity contribution >= 4 is 27.7 Å². The minimum absolute atomic E-state index is 0.848. The Bertz CT molecular complexity index is 95.8. The summed E-state index contributed by atoms with van der Waals surface area (Å²) in [6.07, 6.45) is 4.00. The van der Waals surface area contributed by atoms with Gasteiger partial charge in [0.25, 0.3) is 0 Å². The second-order valence-corrected chi connectivity index (χ2v) is 5.80. The van der Waals surface area contributed by atoms with Crippen LogP contribution in [0.4, 0.5) is 0 Å². The van der Waals surface area contributed by atoms with Crippen molar-refractivity contribution in [1.29, 1.82) is 0 Å². The highest BCUT2D eigenvalue weighted by atomic mass is 79.9. The molecule has 0 bridgehead atoms. The van der Waals surface area contributed by atoms with E-state index in [-0.39, 0.29) is 0 Å². The van der Waals surface area contributed by atoms with Crippen LogP contribution in [0.1, 0.15) is 40.0 Å². The Balaban J connectivity index is 3.18. The number of thioether (sulfide) groups is 1. The number of hydrogen-bond acceptors (Lipinski definition) is 1. The van der Waals surface area contributed by atoms with Crippen LogP contribution in [0.15, 0.2) is 0 Å². The molecule has 2 atom stereocenters. The van der Waals surface area contributed by atoms with Gasteiger partial charge in [-0.1, -0.05) is 36.7 Å². The largest absolute Gasteiger partial charge is 0.159 e. The lowest BCUT2D eigenvalue weighted by atomic mass is 10.1. The summed E-state index contributed by atoms with van der Waals surface area (Å²) < 4.78 is 0. The van der Waals surface area contributed by atoms with Gasteiger partial charge in [0, 0.05) is 10.6 Å². The maximum Gasteiger partial charge on any atom is 0.00338 e. The fourth-order valence-corrected chi connectivity index (χ4v) is 2.88. The summed E-state index contributed by atoms with van der Waals surface area (Å²) in [5, 5.41) is 2.00. The van der Waals surface area contributed by atoms with Gasteiger partial charge in [0.15, 0.2) is 0 Å². The average Bonchev–Trinajstić information content (AvgIpc) is 2.04. The lowest BCUT2D eigenvalue weighted by molar-refractivity contribution is 0.554. The van der Waals surface area contributed by atoms with E-state index in [0.29, 0.717) is 0 Å². The molecule has 0 saturated heterocycles. The number of rotatable bonds is 7. The van der Waals surface area contributed by atoms with Crippen molar-refractivity contribution in [3.63, 3.8) is 0 Å². The van der Waals surface area contributed by atoms with E-state index in [9.17, 15) is 0 Å². The molecule has 0 aliphatic carbocycles. The molecule has 0 aromatic heterocycles. The van der Waals surface area contributed by atoms with E-state index in [4.69, 9.17) is 0 Å². The average molecular weight is 253 g/mol. The van der Waals surface area contributed by atoms with Gasteiger partial charge in [-0.3, -0.25) is 0 Å². The second kappa shape index (κ2) is 8.43. The number of alkyl halides is 1. The Morgan fingerprint density at radius 3 is 2.42 bits per heavy atom. The third kappa shape index (κ3) is 7.48. The zero-order valence-corrected chi connectivity index (χ0v) is 10.9. The maximum absolute atomic E-state index is 3.48. The van der Waals surface area contributed by atoms with Gasteiger partial charge in [-0.15, -0.1) is 0 Å². The summed E-state index contributed by atoms with van der Waals surface area (Å²) in [5.41, 5.74) is 0. The first kappa shape index (κ1) is 12.8. The molecule has 0 aliphatic heterocycles. The van der Waals surface area contributed by atoms with Crippen molar-refractivity contribution < 1.29 is 0 Å². The van der Waals surface area contributed by atoms with E-state index in [0.717, 1.165) is 16.5 Å². The SMILES string of the molecule is CCC(C)SCCC(C)CCBr. The normalized spacial score (nSPS) is 16.0. The monoisotopic (exact) mass is 252 g/mol. The molecule has 0 fully saturated rings. The molecule has 0 heterocycles. The van der Waals surface area contributed by atoms with Crippen LogP contribution in [0.25, 0.3) is 0 Å². The molecule has 2 unspecified atom stereocenters. The second-order valence-electron chi connectivity index (χ2n) is 3.46. The molecule has 2 heteroatoms. The van der Waals surface area contributed by atoms with Crippen LogP contribution in [0.2, 0.25) is 0 Å². The molecule has 0 spiro atoms. The fraction of sp³-hybridized carbons (Fsp3) is 1.00. The molecular formula is C10H21BrS. The summed E-state index contributed by atoms with van der Waals surface area (Å²) in [6.45, 7) is 6.93. The van der Waals surface area contributed by atoms with Gasteiger partial charge >= 0.3 is 0 Å². The Labute approximate surface area is 90.0 Å². The fourth-order valence-electron chi connectivity index (χ4n) is 0.919. The first-order valence-corrected chi connectivity index (χ1v) is 7.05. The van der Waals surface area contributed by atoms with Crippen molar-refractivity contribution in [3.8, 4) is 0 Å². The molecule has 0 nitrogen and oxygen atoms in total. The first-order valence-electron chi connectivity index (χ1n) is 4.88.